The molecule has 0 spiro atoms. The molecule has 2 aromatic heterocycles. The van der Waals surface area contributed by atoms with E-state index in [1.165, 1.54) is 30.2 Å². The van der Waals surface area contributed by atoms with Gasteiger partial charge < -0.3 is 0 Å². The average molecular weight is 352 g/mol. The smallest absolute Gasteiger partial charge is 0.0970 e. The lowest BCUT2D eigenvalue weighted by Gasteiger charge is -2.08. The fraction of sp³-hybridized carbons (Fsp3) is 0.286. The molecule has 1 unspecified atom stereocenters. The number of fused-ring (bicyclic) bond motifs is 2. The highest BCUT2D eigenvalue weighted by molar-refractivity contribution is 7.19. The van der Waals surface area contributed by atoms with Crippen LogP contribution in [0.25, 0.3) is 20.3 Å². The minimum Gasteiger partial charge on any atom is -0.241 e. The number of rotatable bonds is 4. The lowest BCUT2D eigenvalue weighted by molar-refractivity contribution is 0.754. The molecular weight excluding hydrogens is 330 g/mol. The Labute approximate surface area is 151 Å². The monoisotopic (exact) mass is 351 g/mol. The number of hydrogen-bond acceptors (Lipinski definition) is 3. The summed E-state index contributed by atoms with van der Waals surface area (Å²) < 4.78 is 2.70. The molecule has 4 aromatic rings. The van der Waals surface area contributed by atoms with Crippen LogP contribution in [0.2, 0.25) is 0 Å². The van der Waals surface area contributed by atoms with Crippen LogP contribution in [-0.4, -0.2) is 4.98 Å². The molecule has 2 heterocycles. The van der Waals surface area contributed by atoms with Gasteiger partial charge in [-0.1, -0.05) is 45.0 Å². The first kappa shape index (κ1) is 15.8. The lowest BCUT2D eigenvalue weighted by Crippen LogP contribution is -1.97. The maximum absolute atomic E-state index is 4.82. The van der Waals surface area contributed by atoms with Crippen LogP contribution in [0.4, 0.5) is 0 Å². The Morgan fingerprint density at radius 3 is 2.54 bits per heavy atom. The summed E-state index contributed by atoms with van der Waals surface area (Å²) in [4.78, 5) is 6.29. The standard InChI is InChI=1S/C21H21NS2/c1-13(2)19-12-16-9-8-15(11-20(16)23-19)10-14(3)21-22-17-6-4-5-7-18(17)24-21/h4-9,11-14H,10H2,1-3H3. The average Bonchev–Trinajstić information content (AvgIpc) is 3.18. The van der Waals surface area contributed by atoms with Crippen LogP contribution in [-0.2, 0) is 6.42 Å². The van der Waals surface area contributed by atoms with Crippen molar-refractivity contribution in [1.29, 1.82) is 0 Å². The van der Waals surface area contributed by atoms with Crippen molar-refractivity contribution in [2.75, 3.05) is 0 Å². The first-order valence-electron chi connectivity index (χ1n) is 8.48. The van der Waals surface area contributed by atoms with E-state index in [1.807, 2.05) is 22.7 Å². The van der Waals surface area contributed by atoms with E-state index in [0.717, 1.165) is 11.9 Å². The van der Waals surface area contributed by atoms with E-state index in [4.69, 9.17) is 4.98 Å². The van der Waals surface area contributed by atoms with Crippen LogP contribution in [0, 0.1) is 0 Å². The maximum atomic E-state index is 4.82. The largest absolute Gasteiger partial charge is 0.241 e. The second-order valence-corrected chi connectivity index (χ2v) is 8.98. The normalized spacial score (nSPS) is 13.2. The third-order valence-electron chi connectivity index (χ3n) is 4.45. The summed E-state index contributed by atoms with van der Waals surface area (Å²) in [6.45, 7) is 6.82. The van der Waals surface area contributed by atoms with Crippen molar-refractivity contribution < 1.29 is 0 Å². The number of benzene rings is 2. The Hall–Kier alpha value is -1.71. The zero-order chi connectivity index (χ0) is 16.7. The highest BCUT2D eigenvalue weighted by atomic mass is 32.1. The number of para-hydroxylation sites is 1. The quantitative estimate of drug-likeness (QED) is 0.386. The van der Waals surface area contributed by atoms with E-state index in [0.29, 0.717) is 11.8 Å². The molecule has 0 saturated heterocycles. The molecule has 0 aliphatic heterocycles. The van der Waals surface area contributed by atoms with Crippen molar-refractivity contribution in [3.8, 4) is 0 Å². The molecule has 122 valence electrons. The molecule has 2 aromatic carbocycles. The molecule has 3 heteroatoms. The Bertz CT molecular complexity index is 960. The van der Waals surface area contributed by atoms with Gasteiger partial charge in [0.2, 0.25) is 0 Å². The van der Waals surface area contributed by atoms with E-state index in [9.17, 15) is 0 Å². The number of thiazole rings is 1. The number of thiophene rings is 1. The van der Waals surface area contributed by atoms with E-state index in [-0.39, 0.29) is 0 Å². The van der Waals surface area contributed by atoms with Crippen LogP contribution < -0.4 is 0 Å². The van der Waals surface area contributed by atoms with E-state index >= 15 is 0 Å². The van der Waals surface area contributed by atoms with Gasteiger partial charge in [0, 0.05) is 15.5 Å². The van der Waals surface area contributed by atoms with Gasteiger partial charge in [0.25, 0.3) is 0 Å². The molecule has 24 heavy (non-hydrogen) atoms. The molecule has 0 saturated carbocycles. The Balaban J connectivity index is 1.60. The predicted octanol–water partition coefficient (Wildman–Crippen LogP) is 6.98. The first-order valence-corrected chi connectivity index (χ1v) is 10.1. The fourth-order valence-electron chi connectivity index (χ4n) is 3.05. The van der Waals surface area contributed by atoms with Gasteiger partial charge in [-0.2, -0.15) is 0 Å². The summed E-state index contributed by atoms with van der Waals surface area (Å²) >= 11 is 3.76. The molecule has 1 atom stereocenters. The molecule has 0 aliphatic rings. The van der Waals surface area contributed by atoms with Crippen LogP contribution in [0.1, 0.15) is 48.1 Å². The van der Waals surface area contributed by atoms with Gasteiger partial charge in [-0.15, -0.1) is 22.7 Å². The van der Waals surface area contributed by atoms with Gasteiger partial charge in [-0.05, 0) is 47.6 Å². The number of aromatic nitrogens is 1. The van der Waals surface area contributed by atoms with Crippen LogP contribution in [0.5, 0.6) is 0 Å². The third-order valence-corrected chi connectivity index (χ3v) is 7.11. The van der Waals surface area contributed by atoms with Gasteiger partial charge in [0.05, 0.1) is 15.2 Å². The zero-order valence-electron chi connectivity index (χ0n) is 14.2. The van der Waals surface area contributed by atoms with Gasteiger partial charge in [-0.25, -0.2) is 4.98 Å². The van der Waals surface area contributed by atoms with E-state index in [2.05, 4.69) is 69.3 Å². The fourth-order valence-corrected chi connectivity index (χ4v) is 5.20. The molecular formula is C21H21NS2. The van der Waals surface area contributed by atoms with E-state index in [1.54, 1.807) is 0 Å². The molecule has 0 aliphatic carbocycles. The minimum absolute atomic E-state index is 0.449. The third kappa shape index (κ3) is 2.99. The second-order valence-electron chi connectivity index (χ2n) is 6.80. The Morgan fingerprint density at radius 1 is 0.917 bits per heavy atom. The van der Waals surface area contributed by atoms with Gasteiger partial charge >= 0.3 is 0 Å². The van der Waals surface area contributed by atoms with Crippen molar-refractivity contribution >= 4 is 43.0 Å². The lowest BCUT2D eigenvalue weighted by atomic mass is 10.0. The summed E-state index contributed by atoms with van der Waals surface area (Å²) in [6.07, 6.45) is 1.05. The molecule has 0 radical (unpaired) electrons. The topological polar surface area (TPSA) is 12.9 Å². The number of hydrogen-bond donors (Lipinski definition) is 0. The molecule has 0 amide bonds. The van der Waals surface area contributed by atoms with Crippen LogP contribution in [0.15, 0.2) is 48.5 Å². The zero-order valence-corrected chi connectivity index (χ0v) is 15.9. The highest BCUT2D eigenvalue weighted by Gasteiger charge is 2.13. The van der Waals surface area contributed by atoms with Crippen molar-refractivity contribution in [1.82, 2.24) is 4.98 Å². The SMILES string of the molecule is CC(C)c1cc2ccc(CC(C)c3nc4ccccc4s3)cc2s1. The summed E-state index contributed by atoms with van der Waals surface area (Å²) in [6, 6.07) is 17.7. The second kappa shape index (κ2) is 6.30. The van der Waals surface area contributed by atoms with Crippen LogP contribution >= 0.6 is 22.7 Å². The van der Waals surface area contributed by atoms with Crippen molar-refractivity contribution in [2.24, 2.45) is 0 Å². The van der Waals surface area contributed by atoms with Crippen molar-refractivity contribution in [3.05, 3.63) is 64.0 Å². The molecule has 1 nitrogen and oxygen atoms in total. The van der Waals surface area contributed by atoms with Crippen molar-refractivity contribution in [2.45, 2.75) is 39.0 Å². The van der Waals surface area contributed by atoms with E-state index < -0.39 is 0 Å². The van der Waals surface area contributed by atoms with Gasteiger partial charge in [-0.3, -0.25) is 0 Å². The number of nitrogens with zero attached hydrogens (tertiary/aromatic N) is 1. The molecule has 0 N–H and O–H groups in total. The molecule has 0 fully saturated rings. The Kier molecular flexibility index (Phi) is 4.15. The molecule has 0 bridgehead atoms. The van der Waals surface area contributed by atoms with Gasteiger partial charge in [0.1, 0.15) is 0 Å². The Morgan fingerprint density at radius 2 is 1.75 bits per heavy atom. The summed E-state index contributed by atoms with van der Waals surface area (Å²) in [5.41, 5.74) is 2.53. The summed E-state index contributed by atoms with van der Waals surface area (Å²) in [7, 11) is 0. The van der Waals surface area contributed by atoms with Crippen LogP contribution in [0.3, 0.4) is 0 Å². The minimum atomic E-state index is 0.449. The first-order chi connectivity index (χ1) is 11.6. The maximum Gasteiger partial charge on any atom is 0.0970 e. The summed E-state index contributed by atoms with van der Waals surface area (Å²) in [5.74, 6) is 1.05. The predicted molar refractivity (Wildman–Crippen MR) is 108 cm³/mol. The highest BCUT2D eigenvalue weighted by Crippen LogP contribution is 2.33. The van der Waals surface area contributed by atoms with Gasteiger partial charge in [0.15, 0.2) is 0 Å². The molecule has 4 rings (SSSR count). The van der Waals surface area contributed by atoms with Crippen molar-refractivity contribution in [3.63, 3.8) is 0 Å². The summed E-state index contributed by atoms with van der Waals surface area (Å²) in [5, 5.41) is 2.62.